The smallest absolute Gasteiger partial charge is 0.318 e. The van der Waals surface area contributed by atoms with E-state index in [4.69, 9.17) is 13.9 Å². The Labute approximate surface area is 147 Å². The first kappa shape index (κ1) is 17.4. The SMILES string of the molecule is COc1ccccc1[C@H](NC(=O)N1C[C@H](C)OC[C@H]1C)c1ccco1. The number of benzene rings is 1. The Bertz CT molecular complexity index is 701. The van der Waals surface area contributed by atoms with Crippen molar-refractivity contribution in [3.63, 3.8) is 0 Å². The van der Waals surface area contributed by atoms with Crippen molar-refractivity contribution >= 4 is 6.03 Å². The van der Waals surface area contributed by atoms with Crippen molar-refractivity contribution in [2.24, 2.45) is 0 Å². The van der Waals surface area contributed by atoms with Gasteiger partial charge >= 0.3 is 6.03 Å². The number of ether oxygens (including phenoxy) is 2. The molecule has 2 amide bonds. The summed E-state index contributed by atoms with van der Waals surface area (Å²) in [6.07, 6.45) is 1.62. The maximum absolute atomic E-state index is 12.9. The summed E-state index contributed by atoms with van der Waals surface area (Å²) in [5.41, 5.74) is 0.849. The Hall–Kier alpha value is -2.47. The number of morpholine rings is 1. The molecule has 3 atom stereocenters. The zero-order chi connectivity index (χ0) is 17.8. The second kappa shape index (κ2) is 7.61. The normalized spacial score (nSPS) is 21.6. The highest BCUT2D eigenvalue weighted by Crippen LogP contribution is 2.30. The van der Waals surface area contributed by atoms with E-state index in [2.05, 4.69) is 5.32 Å². The van der Waals surface area contributed by atoms with E-state index in [0.717, 1.165) is 5.56 Å². The van der Waals surface area contributed by atoms with Crippen LogP contribution in [0.2, 0.25) is 0 Å². The molecule has 6 nitrogen and oxygen atoms in total. The Kier molecular flexibility index (Phi) is 5.28. The molecule has 25 heavy (non-hydrogen) atoms. The highest BCUT2D eigenvalue weighted by atomic mass is 16.5. The summed E-state index contributed by atoms with van der Waals surface area (Å²) in [5.74, 6) is 1.36. The lowest BCUT2D eigenvalue weighted by Gasteiger charge is -2.37. The summed E-state index contributed by atoms with van der Waals surface area (Å²) < 4.78 is 16.6. The Balaban J connectivity index is 1.87. The van der Waals surface area contributed by atoms with Gasteiger partial charge in [0.05, 0.1) is 32.1 Å². The van der Waals surface area contributed by atoms with E-state index in [9.17, 15) is 4.79 Å². The van der Waals surface area contributed by atoms with Crippen LogP contribution >= 0.6 is 0 Å². The minimum absolute atomic E-state index is 0.0196. The highest BCUT2D eigenvalue weighted by Gasteiger charge is 2.31. The van der Waals surface area contributed by atoms with E-state index < -0.39 is 6.04 Å². The number of carbonyl (C=O) groups excluding carboxylic acids is 1. The van der Waals surface area contributed by atoms with Gasteiger partial charge in [-0.1, -0.05) is 18.2 Å². The zero-order valence-corrected chi connectivity index (χ0v) is 14.8. The quantitative estimate of drug-likeness (QED) is 0.925. The number of nitrogens with zero attached hydrogens (tertiary/aromatic N) is 1. The van der Waals surface area contributed by atoms with Gasteiger partial charge in [0, 0.05) is 12.1 Å². The summed E-state index contributed by atoms with van der Waals surface area (Å²) in [6.45, 7) is 5.05. The number of hydrogen-bond donors (Lipinski definition) is 1. The minimum Gasteiger partial charge on any atom is -0.496 e. The Morgan fingerprint density at radius 1 is 1.28 bits per heavy atom. The number of methoxy groups -OCH3 is 1. The maximum atomic E-state index is 12.9. The number of hydrogen-bond acceptors (Lipinski definition) is 4. The van der Waals surface area contributed by atoms with E-state index in [1.54, 1.807) is 18.3 Å². The highest BCUT2D eigenvalue weighted by molar-refractivity contribution is 5.76. The number of para-hydroxylation sites is 1. The summed E-state index contributed by atoms with van der Waals surface area (Å²) >= 11 is 0. The van der Waals surface area contributed by atoms with Gasteiger partial charge in [0.25, 0.3) is 0 Å². The number of furan rings is 1. The standard InChI is InChI=1S/C19H24N2O4/c1-13-12-25-14(2)11-21(13)19(22)20-18(17-9-6-10-24-17)15-7-4-5-8-16(15)23-3/h4-10,13-14,18H,11-12H2,1-3H3,(H,20,22)/t13-,14+,18+/m1/s1. The average Bonchev–Trinajstić information content (AvgIpc) is 3.16. The topological polar surface area (TPSA) is 63.9 Å². The van der Waals surface area contributed by atoms with Crippen LogP contribution < -0.4 is 10.1 Å². The summed E-state index contributed by atoms with van der Waals surface area (Å²) in [7, 11) is 1.62. The molecular weight excluding hydrogens is 320 g/mol. The Morgan fingerprint density at radius 2 is 2.08 bits per heavy atom. The predicted molar refractivity (Wildman–Crippen MR) is 93.7 cm³/mol. The molecule has 1 aromatic heterocycles. The summed E-state index contributed by atoms with van der Waals surface area (Å²) in [6, 6.07) is 10.7. The molecule has 6 heteroatoms. The van der Waals surface area contributed by atoms with Crippen molar-refractivity contribution in [2.45, 2.75) is 32.0 Å². The molecule has 0 radical (unpaired) electrons. The molecule has 0 aliphatic carbocycles. The molecule has 2 aromatic rings. The van der Waals surface area contributed by atoms with E-state index >= 15 is 0 Å². The number of urea groups is 1. The molecule has 1 aliphatic rings. The van der Waals surface area contributed by atoms with E-state index in [1.165, 1.54) is 0 Å². The van der Waals surface area contributed by atoms with Crippen molar-refractivity contribution in [2.75, 3.05) is 20.3 Å². The first-order valence-electron chi connectivity index (χ1n) is 8.45. The third-order valence-electron chi connectivity index (χ3n) is 4.41. The van der Waals surface area contributed by atoms with Crippen LogP contribution in [-0.2, 0) is 4.74 Å². The number of rotatable bonds is 4. The van der Waals surface area contributed by atoms with Crippen molar-refractivity contribution in [1.82, 2.24) is 10.2 Å². The van der Waals surface area contributed by atoms with Gasteiger partial charge in [-0.15, -0.1) is 0 Å². The van der Waals surface area contributed by atoms with Gasteiger partial charge < -0.3 is 24.1 Å². The third kappa shape index (κ3) is 3.79. The summed E-state index contributed by atoms with van der Waals surface area (Å²) in [4.78, 5) is 14.7. The summed E-state index contributed by atoms with van der Waals surface area (Å²) in [5, 5.41) is 3.09. The predicted octanol–water partition coefficient (Wildman–Crippen LogP) is 3.20. The average molecular weight is 344 g/mol. The molecule has 1 aromatic carbocycles. The zero-order valence-electron chi connectivity index (χ0n) is 14.8. The number of amides is 2. The number of carbonyl (C=O) groups is 1. The first-order valence-corrected chi connectivity index (χ1v) is 8.45. The van der Waals surface area contributed by atoms with E-state index in [-0.39, 0.29) is 18.2 Å². The minimum atomic E-state index is -0.427. The van der Waals surface area contributed by atoms with Crippen molar-refractivity contribution < 1.29 is 18.7 Å². The monoisotopic (exact) mass is 344 g/mol. The second-order valence-corrected chi connectivity index (χ2v) is 6.29. The third-order valence-corrected chi connectivity index (χ3v) is 4.41. The fourth-order valence-corrected chi connectivity index (χ4v) is 3.06. The molecular formula is C19H24N2O4. The van der Waals surface area contributed by atoms with Gasteiger partial charge in [-0.3, -0.25) is 0 Å². The van der Waals surface area contributed by atoms with Crippen LogP contribution in [0.5, 0.6) is 5.75 Å². The molecule has 0 bridgehead atoms. The molecule has 1 N–H and O–H groups in total. The van der Waals surface area contributed by atoms with Gasteiger partial charge in [0.15, 0.2) is 0 Å². The van der Waals surface area contributed by atoms with Gasteiger partial charge in [0.2, 0.25) is 0 Å². The Morgan fingerprint density at radius 3 is 2.80 bits per heavy atom. The van der Waals surface area contributed by atoms with E-state index in [0.29, 0.717) is 24.7 Å². The molecule has 0 spiro atoms. The fraction of sp³-hybridized carbons (Fsp3) is 0.421. The number of nitrogens with one attached hydrogen (secondary N) is 1. The van der Waals surface area contributed by atoms with Crippen molar-refractivity contribution in [3.05, 3.63) is 54.0 Å². The molecule has 1 saturated heterocycles. The lowest BCUT2D eigenvalue weighted by Crippen LogP contribution is -2.54. The molecule has 1 aliphatic heterocycles. The molecule has 1 fully saturated rings. The van der Waals surface area contributed by atoms with Crippen LogP contribution in [0.15, 0.2) is 47.1 Å². The second-order valence-electron chi connectivity index (χ2n) is 6.29. The van der Waals surface area contributed by atoms with Crippen LogP contribution in [0, 0.1) is 0 Å². The van der Waals surface area contributed by atoms with Gasteiger partial charge in [0.1, 0.15) is 17.6 Å². The fourth-order valence-electron chi connectivity index (χ4n) is 3.06. The largest absolute Gasteiger partial charge is 0.496 e. The molecule has 2 heterocycles. The molecule has 0 unspecified atom stereocenters. The van der Waals surface area contributed by atoms with Crippen molar-refractivity contribution in [1.29, 1.82) is 0 Å². The maximum Gasteiger partial charge on any atom is 0.318 e. The lowest BCUT2D eigenvalue weighted by molar-refractivity contribution is -0.0320. The van der Waals surface area contributed by atoms with Gasteiger partial charge in [-0.25, -0.2) is 4.79 Å². The molecule has 0 saturated carbocycles. The van der Waals surface area contributed by atoms with Crippen LogP contribution in [0.1, 0.15) is 31.2 Å². The van der Waals surface area contributed by atoms with Gasteiger partial charge in [-0.2, -0.15) is 0 Å². The van der Waals surface area contributed by atoms with E-state index in [1.807, 2.05) is 50.2 Å². The lowest BCUT2D eigenvalue weighted by atomic mass is 10.0. The molecule has 3 rings (SSSR count). The van der Waals surface area contributed by atoms with Crippen LogP contribution in [0.4, 0.5) is 4.79 Å². The molecule has 134 valence electrons. The van der Waals surface area contributed by atoms with Crippen LogP contribution in [-0.4, -0.2) is 43.3 Å². The van der Waals surface area contributed by atoms with Crippen molar-refractivity contribution in [3.8, 4) is 5.75 Å². The van der Waals surface area contributed by atoms with Gasteiger partial charge in [-0.05, 0) is 32.0 Å². The first-order chi connectivity index (χ1) is 12.1. The van der Waals surface area contributed by atoms with Crippen LogP contribution in [0.3, 0.4) is 0 Å². The van der Waals surface area contributed by atoms with Crippen LogP contribution in [0.25, 0.3) is 0 Å².